The van der Waals surface area contributed by atoms with Crippen LogP contribution >= 0.6 is 0 Å². The molecule has 0 saturated heterocycles. The van der Waals surface area contributed by atoms with E-state index >= 15 is 0 Å². The van der Waals surface area contributed by atoms with Crippen molar-refractivity contribution in [3.63, 3.8) is 0 Å². The molecule has 0 radical (unpaired) electrons. The van der Waals surface area contributed by atoms with Gasteiger partial charge in [0.1, 0.15) is 17.7 Å². The minimum absolute atomic E-state index is 0.218. The second kappa shape index (κ2) is 17.6. The number of ether oxygens (including phenoxy) is 1. The molecule has 0 saturated carbocycles. The van der Waals surface area contributed by atoms with Crippen molar-refractivity contribution in [3.8, 4) is 12.3 Å². The van der Waals surface area contributed by atoms with Gasteiger partial charge in [-0.2, -0.15) is 0 Å². The van der Waals surface area contributed by atoms with Crippen molar-refractivity contribution in [2.45, 2.75) is 118 Å². The first-order valence-corrected chi connectivity index (χ1v) is 14.6. The van der Waals surface area contributed by atoms with E-state index < -0.39 is 23.8 Å². The van der Waals surface area contributed by atoms with Gasteiger partial charge in [0.15, 0.2) is 0 Å². The molecule has 39 heavy (non-hydrogen) atoms. The number of rotatable bonds is 16. The molecule has 0 aliphatic carbocycles. The fourth-order valence-corrected chi connectivity index (χ4v) is 4.28. The maximum atomic E-state index is 14.2. The topological polar surface area (TPSA) is 87.7 Å². The number of alkyl carbamates (subject to hydrolysis) is 1. The van der Waals surface area contributed by atoms with Crippen LogP contribution in [0.15, 0.2) is 24.3 Å². The molecule has 0 aliphatic rings. The van der Waals surface area contributed by atoms with Gasteiger partial charge in [0.2, 0.25) is 11.8 Å². The van der Waals surface area contributed by atoms with Crippen molar-refractivity contribution < 1.29 is 19.1 Å². The molecule has 1 rings (SSSR count). The predicted molar refractivity (Wildman–Crippen MR) is 158 cm³/mol. The fourth-order valence-electron chi connectivity index (χ4n) is 4.28. The Labute approximate surface area is 236 Å². The van der Waals surface area contributed by atoms with Crippen molar-refractivity contribution in [2.75, 3.05) is 13.1 Å². The third-order valence-corrected chi connectivity index (χ3v) is 6.42. The highest BCUT2D eigenvalue weighted by Crippen LogP contribution is 2.25. The number of carbonyl (C=O) groups excluding carboxylic acids is 3. The lowest BCUT2D eigenvalue weighted by molar-refractivity contribution is -0.143. The zero-order valence-corrected chi connectivity index (χ0v) is 25.3. The molecule has 0 heterocycles. The summed E-state index contributed by atoms with van der Waals surface area (Å²) in [6, 6.07) is 5.50. The summed E-state index contributed by atoms with van der Waals surface area (Å²) in [6.45, 7) is 14.2. The molecular formula is C32H51N3O4. The Hall–Kier alpha value is -3.01. The van der Waals surface area contributed by atoms with E-state index in [0.717, 1.165) is 44.9 Å². The van der Waals surface area contributed by atoms with Crippen LogP contribution in [-0.4, -0.2) is 47.5 Å². The van der Waals surface area contributed by atoms with Crippen LogP contribution in [0.4, 0.5) is 4.79 Å². The number of benzene rings is 1. The summed E-state index contributed by atoms with van der Waals surface area (Å²) < 4.78 is 5.45. The van der Waals surface area contributed by atoms with Gasteiger partial charge in [0.25, 0.3) is 0 Å². The Morgan fingerprint density at radius 2 is 1.54 bits per heavy atom. The first-order chi connectivity index (χ1) is 18.4. The van der Waals surface area contributed by atoms with Crippen molar-refractivity contribution in [1.82, 2.24) is 15.5 Å². The van der Waals surface area contributed by atoms with Crippen molar-refractivity contribution >= 4 is 17.9 Å². The number of amides is 3. The largest absolute Gasteiger partial charge is 0.444 e. The lowest BCUT2D eigenvalue weighted by Gasteiger charge is -2.35. The molecule has 3 amide bonds. The zero-order valence-electron chi connectivity index (χ0n) is 25.3. The smallest absolute Gasteiger partial charge is 0.408 e. The third-order valence-electron chi connectivity index (χ3n) is 6.42. The van der Waals surface area contributed by atoms with Crippen LogP contribution in [0.5, 0.6) is 0 Å². The van der Waals surface area contributed by atoms with Gasteiger partial charge in [-0.1, -0.05) is 84.3 Å². The molecular weight excluding hydrogens is 490 g/mol. The van der Waals surface area contributed by atoms with Crippen LogP contribution in [0, 0.1) is 18.3 Å². The van der Waals surface area contributed by atoms with E-state index in [0.29, 0.717) is 24.2 Å². The third kappa shape index (κ3) is 12.6. The molecule has 7 nitrogen and oxygen atoms in total. The average molecular weight is 542 g/mol. The Morgan fingerprint density at radius 3 is 2.08 bits per heavy atom. The zero-order chi connectivity index (χ0) is 29.4. The minimum atomic E-state index is -0.851. The number of hydrogen-bond donors (Lipinski definition) is 2. The molecule has 0 spiro atoms. The summed E-state index contributed by atoms with van der Waals surface area (Å²) in [7, 11) is 0. The first-order valence-electron chi connectivity index (χ1n) is 14.6. The van der Waals surface area contributed by atoms with Gasteiger partial charge in [0, 0.05) is 18.7 Å². The van der Waals surface area contributed by atoms with E-state index in [2.05, 4.69) is 30.4 Å². The lowest BCUT2D eigenvalue weighted by atomic mass is 9.97. The van der Waals surface area contributed by atoms with E-state index in [1.165, 1.54) is 6.42 Å². The van der Waals surface area contributed by atoms with Crippen molar-refractivity contribution in [3.05, 3.63) is 35.4 Å². The van der Waals surface area contributed by atoms with E-state index in [4.69, 9.17) is 11.2 Å². The molecule has 7 heteroatoms. The van der Waals surface area contributed by atoms with Crippen LogP contribution in [-0.2, 0) is 14.3 Å². The molecule has 2 unspecified atom stereocenters. The Balaban J connectivity index is 3.40. The molecule has 2 N–H and O–H groups in total. The van der Waals surface area contributed by atoms with Gasteiger partial charge in [-0.3, -0.25) is 9.59 Å². The summed E-state index contributed by atoms with van der Waals surface area (Å²) in [6.07, 6.45) is 13.0. The van der Waals surface area contributed by atoms with E-state index in [1.807, 2.05) is 26.0 Å². The highest BCUT2D eigenvalue weighted by molar-refractivity contribution is 5.92. The van der Waals surface area contributed by atoms with E-state index in [1.54, 1.807) is 37.8 Å². The quantitative estimate of drug-likeness (QED) is 0.188. The number of nitrogens with one attached hydrogen (secondary N) is 2. The standard InChI is InChI=1S/C32H51N3O4/c1-9-12-14-15-16-17-23-35(30(37)27(24(4)5)34-31(38)39-32(6,7)8)28(29(36)33-22-13-10-2)26-20-18-25(11-3)19-21-26/h3,18-21,24,27-28H,9-10,12-17,22-23H2,1-2,4-8H3,(H,33,36)(H,34,38). The summed E-state index contributed by atoms with van der Waals surface area (Å²) >= 11 is 0. The number of nitrogens with zero attached hydrogens (tertiary/aromatic N) is 1. The highest BCUT2D eigenvalue weighted by atomic mass is 16.6. The number of unbranched alkanes of at least 4 members (excludes halogenated alkanes) is 6. The molecule has 2 atom stereocenters. The number of hydrogen-bond acceptors (Lipinski definition) is 4. The fraction of sp³-hybridized carbons (Fsp3) is 0.656. The predicted octanol–water partition coefficient (Wildman–Crippen LogP) is 6.36. The van der Waals surface area contributed by atoms with Crippen molar-refractivity contribution in [1.29, 1.82) is 0 Å². The molecule has 0 aliphatic heterocycles. The van der Waals surface area contributed by atoms with Crippen LogP contribution in [0.3, 0.4) is 0 Å². The van der Waals surface area contributed by atoms with Gasteiger partial charge < -0.3 is 20.3 Å². The van der Waals surface area contributed by atoms with Crippen LogP contribution in [0.25, 0.3) is 0 Å². The Morgan fingerprint density at radius 1 is 0.949 bits per heavy atom. The van der Waals surface area contributed by atoms with E-state index in [9.17, 15) is 14.4 Å². The van der Waals surface area contributed by atoms with Gasteiger partial charge >= 0.3 is 6.09 Å². The van der Waals surface area contributed by atoms with Gasteiger partial charge in [-0.15, -0.1) is 6.42 Å². The van der Waals surface area contributed by atoms with Crippen LogP contribution in [0.1, 0.15) is 117 Å². The SMILES string of the molecule is C#Cc1ccc(C(C(=O)NCCCC)N(CCCCCCCC)C(=O)C(NC(=O)OC(C)(C)C)C(C)C)cc1. The molecule has 1 aromatic carbocycles. The lowest BCUT2D eigenvalue weighted by Crippen LogP contribution is -2.55. The van der Waals surface area contributed by atoms with Gasteiger partial charge in [0.05, 0.1) is 0 Å². The van der Waals surface area contributed by atoms with Crippen LogP contribution < -0.4 is 10.6 Å². The molecule has 218 valence electrons. The average Bonchev–Trinajstić information content (AvgIpc) is 2.87. The summed E-state index contributed by atoms with van der Waals surface area (Å²) in [5.41, 5.74) is 0.680. The monoisotopic (exact) mass is 541 g/mol. The van der Waals surface area contributed by atoms with Crippen LogP contribution in [0.2, 0.25) is 0 Å². The Bertz CT molecular complexity index is 928. The molecule has 1 aromatic rings. The summed E-state index contributed by atoms with van der Waals surface area (Å²) in [4.78, 5) is 42.1. The Kier molecular flexibility index (Phi) is 15.3. The van der Waals surface area contributed by atoms with Gasteiger partial charge in [-0.25, -0.2) is 4.79 Å². The van der Waals surface area contributed by atoms with Gasteiger partial charge in [-0.05, 0) is 57.2 Å². The maximum Gasteiger partial charge on any atom is 0.408 e. The highest BCUT2D eigenvalue weighted by Gasteiger charge is 2.37. The minimum Gasteiger partial charge on any atom is -0.444 e. The summed E-state index contributed by atoms with van der Waals surface area (Å²) in [5.74, 6) is 1.84. The second-order valence-electron chi connectivity index (χ2n) is 11.5. The number of carbonyl (C=O) groups is 3. The normalized spacial score (nSPS) is 12.8. The summed E-state index contributed by atoms with van der Waals surface area (Å²) in [5, 5.41) is 5.80. The van der Waals surface area contributed by atoms with Crippen molar-refractivity contribution in [2.24, 2.45) is 5.92 Å². The molecule has 0 bridgehead atoms. The maximum absolute atomic E-state index is 14.2. The van der Waals surface area contributed by atoms with E-state index in [-0.39, 0.29) is 17.7 Å². The second-order valence-corrected chi connectivity index (χ2v) is 11.5. The molecule has 0 aromatic heterocycles. The first kappa shape index (κ1) is 34.0. The number of terminal acetylenes is 1. The molecule has 0 fully saturated rings.